The van der Waals surface area contributed by atoms with Crippen molar-refractivity contribution in [2.45, 2.75) is 25.8 Å². The van der Waals surface area contributed by atoms with Gasteiger partial charge in [-0.2, -0.15) is 0 Å². The first-order valence-electron chi connectivity index (χ1n) is 8.89. The molecule has 4 nitrogen and oxygen atoms in total. The number of allylic oxidation sites excluding steroid dienone is 3. The number of aromatic nitrogens is 2. The van der Waals surface area contributed by atoms with Gasteiger partial charge in [0, 0.05) is 28.5 Å². The third kappa shape index (κ3) is 2.73. The Hall–Kier alpha value is -3.14. The number of hydrogen-bond donors (Lipinski definition) is 2. The molecule has 0 saturated heterocycles. The second kappa shape index (κ2) is 5.43. The van der Waals surface area contributed by atoms with Crippen LogP contribution >= 0.6 is 0 Å². The quantitative estimate of drug-likeness (QED) is 0.741. The van der Waals surface area contributed by atoms with E-state index in [0.717, 1.165) is 39.9 Å². The van der Waals surface area contributed by atoms with Crippen LogP contribution in [0.4, 0.5) is 0 Å². The van der Waals surface area contributed by atoms with Gasteiger partial charge in [-0.1, -0.05) is 6.08 Å². The van der Waals surface area contributed by atoms with Crippen molar-refractivity contribution < 1.29 is 0 Å². The van der Waals surface area contributed by atoms with Gasteiger partial charge in [0.1, 0.15) is 0 Å². The maximum absolute atomic E-state index is 4.94. The summed E-state index contributed by atoms with van der Waals surface area (Å²) in [6, 6.07) is 6.36. The number of H-pyrrole nitrogens is 2. The van der Waals surface area contributed by atoms with E-state index in [9.17, 15) is 0 Å². The fraction of sp³-hybridized carbons (Fsp3) is 0.182. The van der Waals surface area contributed by atoms with E-state index in [4.69, 9.17) is 9.98 Å². The summed E-state index contributed by atoms with van der Waals surface area (Å²) in [5.74, 6) is 0. The van der Waals surface area contributed by atoms with Crippen molar-refractivity contribution in [3.8, 4) is 0 Å². The summed E-state index contributed by atoms with van der Waals surface area (Å²) in [6.07, 6.45) is 15.5. The molecule has 5 rings (SSSR count). The fourth-order valence-corrected chi connectivity index (χ4v) is 3.71. The second-order valence-corrected chi connectivity index (χ2v) is 7.39. The predicted octanol–water partition coefficient (Wildman–Crippen LogP) is 2.59. The third-order valence-electron chi connectivity index (χ3n) is 4.97. The Morgan fingerprint density at radius 1 is 0.962 bits per heavy atom. The lowest BCUT2D eigenvalue weighted by Gasteiger charge is -2.17. The van der Waals surface area contributed by atoms with Crippen molar-refractivity contribution in [1.29, 1.82) is 0 Å². The molecule has 0 amide bonds. The number of fused-ring (bicyclic) bond motifs is 6. The van der Waals surface area contributed by atoms with Crippen molar-refractivity contribution in [1.82, 2.24) is 9.97 Å². The summed E-state index contributed by atoms with van der Waals surface area (Å²) in [4.78, 5) is 16.6. The number of aliphatic imine (C=N–C) groups is 2. The highest BCUT2D eigenvalue weighted by Gasteiger charge is 2.25. The lowest BCUT2D eigenvalue weighted by Crippen LogP contribution is -2.20. The van der Waals surface area contributed by atoms with Crippen LogP contribution in [-0.4, -0.2) is 26.9 Å². The van der Waals surface area contributed by atoms with Crippen LogP contribution in [0, 0.1) is 6.92 Å². The molecule has 1 atom stereocenters. The Labute approximate surface area is 151 Å². The van der Waals surface area contributed by atoms with Crippen LogP contribution in [-0.2, 0) is 6.42 Å². The molecule has 3 aliphatic rings. The average molecular weight is 340 g/mol. The first-order valence-corrected chi connectivity index (χ1v) is 8.89. The van der Waals surface area contributed by atoms with Crippen LogP contribution in [0.5, 0.6) is 0 Å². The summed E-state index contributed by atoms with van der Waals surface area (Å²) in [6.45, 7) is 4.30. The summed E-state index contributed by atoms with van der Waals surface area (Å²) in [7, 11) is 0. The van der Waals surface area contributed by atoms with Crippen molar-refractivity contribution in [2.24, 2.45) is 9.98 Å². The Kier molecular flexibility index (Phi) is 3.16. The number of nitrogens with one attached hydrogen (secondary N) is 2. The molecule has 0 spiro atoms. The molecule has 3 aliphatic heterocycles. The Morgan fingerprint density at radius 2 is 1.77 bits per heavy atom. The van der Waals surface area contributed by atoms with Gasteiger partial charge in [0.25, 0.3) is 0 Å². The van der Waals surface area contributed by atoms with Crippen LogP contribution in [0.3, 0.4) is 0 Å². The smallest absolute Gasteiger partial charge is 0.0824 e. The van der Waals surface area contributed by atoms with Gasteiger partial charge in [-0.3, -0.25) is 4.99 Å². The molecule has 128 valence electrons. The van der Waals surface area contributed by atoms with Gasteiger partial charge in [0.05, 0.1) is 22.7 Å². The van der Waals surface area contributed by atoms with Crippen molar-refractivity contribution in [3.63, 3.8) is 0 Å². The van der Waals surface area contributed by atoms with Crippen molar-refractivity contribution in [2.75, 3.05) is 0 Å². The van der Waals surface area contributed by atoms with E-state index in [-0.39, 0.29) is 5.54 Å². The molecular formula is C22H20N4. The molecule has 8 bridgehead atoms. The summed E-state index contributed by atoms with van der Waals surface area (Å²) < 4.78 is 0. The maximum Gasteiger partial charge on any atom is 0.0824 e. The number of rotatable bonds is 0. The third-order valence-corrected chi connectivity index (χ3v) is 4.97. The lowest BCUT2D eigenvalue weighted by molar-refractivity contribution is 0.588. The van der Waals surface area contributed by atoms with Crippen molar-refractivity contribution >= 4 is 29.7 Å². The highest BCUT2D eigenvalue weighted by molar-refractivity contribution is 6.20. The molecule has 2 N–H and O–H groups in total. The highest BCUT2D eigenvalue weighted by Crippen LogP contribution is 2.26. The minimum absolute atomic E-state index is 0.218. The number of hydrogen-bond acceptors (Lipinski definition) is 2. The molecule has 0 radical (unpaired) electrons. The molecule has 4 heteroatoms. The maximum atomic E-state index is 4.94. The van der Waals surface area contributed by atoms with Gasteiger partial charge < -0.3 is 9.97 Å². The molecule has 5 heterocycles. The minimum atomic E-state index is -0.218. The molecule has 0 fully saturated rings. The SMILES string of the molecule is Cc1cc2[nH]c1C=C1C=CC(=N1)C=c1ccc([nH]1)=CC1=NC(C)(C=C1)C2. The van der Waals surface area contributed by atoms with Gasteiger partial charge in [-0.25, -0.2) is 4.99 Å². The van der Waals surface area contributed by atoms with E-state index < -0.39 is 0 Å². The molecule has 2 aromatic rings. The topological polar surface area (TPSA) is 56.3 Å². The van der Waals surface area contributed by atoms with Crippen LogP contribution in [0.2, 0.25) is 0 Å². The molecular weight excluding hydrogens is 320 g/mol. The Balaban J connectivity index is 1.70. The molecule has 0 aromatic carbocycles. The first kappa shape index (κ1) is 15.1. The lowest BCUT2D eigenvalue weighted by atomic mass is 9.97. The Morgan fingerprint density at radius 3 is 2.62 bits per heavy atom. The van der Waals surface area contributed by atoms with E-state index in [0.29, 0.717) is 0 Å². The van der Waals surface area contributed by atoms with Gasteiger partial charge in [0.2, 0.25) is 0 Å². The predicted molar refractivity (Wildman–Crippen MR) is 108 cm³/mol. The van der Waals surface area contributed by atoms with Gasteiger partial charge in [-0.15, -0.1) is 0 Å². The molecule has 2 aromatic heterocycles. The highest BCUT2D eigenvalue weighted by atomic mass is 14.9. The second-order valence-electron chi connectivity index (χ2n) is 7.39. The standard InChI is InChI=1S/C22H20N4/c1-14-9-20-13-22(2)8-7-19(26-22)11-17-4-3-15(23-17)10-16-5-6-18(24-16)12-21(14)25-20/h3-12,23,25H,13H2,1-2H3. The van der Waals surface area contributed by atoms with E-state index in [2.05, 4.69) is 78.5 Å². The van der Waals surface area contributed by atoms with E-state index >= 15 is 0 Å². The summed E-state index contributed by atoms with van der Waals surface area (Å²) >= 11 is 0. The van der Waals surface area contributed by atoms with Gasteiger partial charge in [-0.05, 0) is 74.1 Å². The van der Waals surface area contributed by atoms with Crippen LogP contribution in [0.15, 0.2) is 58.2 Å². The average Bonchev–Trinajstić information content (AvgIpc) is 3.33. The first-order chi connectivity index (χ1) is 12.5. The van der Waals surface area contributed by atoms with Crippen LogP contribution in [0.25, 0.3) is 18.2 Å². The zero-order chi connectivity index (χ0) is 17.7. The van der Waals surface area contributed by atoms with E-state index in [1.165, 1.54) is 11.3 Å². The zero-order valence-electron chi connectivity index (χ0n) is 14.9. The monoisotopic (exact) mass is 340 g/mol. The molecule has 0 aliphatic carbocycles. The van der Waals surface area contributed by atoms with Crippen LogP contribution in [0.1, 0.15) is 23.9 Å². The Bertz CT molecular complexity index is 1180. The van der Waals surface area contributed by atoms with E-state index in [1.54, 1.807) is 0 Å². The largest absolute Gasteiger partial charge is 0.359 e. The number of aryl methyl sites for hydroxylation is 1. The van der Waals surface area contributed by atoms with Gasteiger partial charge in [0.15, 0.2) is 0 Å². The number of aromatic amines is 2. The van der Waals surface area contributed by atoms with Crippen molar-refractivity contribution in [3.05, 3.63) is 75.8 Å². The molecule has 26 heavy (non-hydrogen) atoms. The molecule has 1 unspecified atom stereocenters. The number of nitrogens with zero attached hydrogens (tertiary/aromatic N) is 2. The molecule has 0 saturated carbocycles. The van der Waals surface area contributed by atoms with E-state index in [1.807, 2.05) is 6.08 Å². The van der Waals surface area contributed by atoms with Crippen LogP contribution < -0.4 is 10.7 Å². The normalized spacial score (nSPS) is 23.2. The van der Waals surface area contributed by atoms with Gasteiger partial charge >= 0.3 is 0 Å². The zero-order valence-corrected chi connectivity index (χ0v) is 14.9. The summed E-state index contributed by atoms with van der Waals surface area (Å²) in [5.41, 5.74) is 6.23. The summed E-state index contributed by atoms with van der Waals surface area (Å²) in [5, 5.41) is 2.09. The minimum Gasteiger partial charge on any atom is -0.359 e. The fourth-order valence-electron chi connectivity index (χ4n) is 3.71.